The third-order valence-electron chi connectivity index (χ3n) is 8.54. The summed E-state index contributed by atoms with van der Waals surface area (Å²) in [6.45, 7) is 6.97. The molecule has 0 aliphatic heterocycles. The van der Waals surface area contributed by atoms with E-state index in [2.05, 4.69) is 26.8 Å². The molecule has 4 fully saturated rings. The van der Waals surface area contributed by atoms with Crippen molar-refractivity contribution in [3.63, 3.8) is 0 Å². The van der Waals surface area contributed by atoms with Crippen molar-refractivity contribution >= 4 is 0 Å². The van der Waals surface area contributed by atoms with Gasteiger partial charge < -0.3 is 5.11 Å². The lowest BCUT2D eigenvalue weighted by molar-refractivity contribution is -0.0899. The van der Waals surface area contributed by atoms with Gasteiger partial charge >= 0.3 is 0 Å². The molecule has 0 saturated heterocycles. The van der Waals surface area contributed by atoms with Crippen molar-refractivity contribution in [3.05, 3.63) is 11.6 Å². The van der Waals surface area contributed by atoms with E-state index in [0.717, 1.165) is 42.4 Å². The predicted octanol–water partition coefficient (Wildman–Crippen LogP) is 5.73. The molecule has 0 radical (unpaired) electrons. The highest BCUT2D eigenvalue weighted by Crippen LogP contribution is 2.64. The molecule has 0 aromatic heterocycles. The SMILES string of the molecule is CCC=C1CC[C@H]2[C@@H]3CC[C@@H]4CC(C)(O)CC[C@@H]4[C@H]3CC[C@]12C. The van der Waals surface area contributed by atoms with E-state index in [-0.39, 0.29) is 5.60 Å². The van der Waals surface area contributed by atoms with Crippen LogP contribution in [0.5, 0.6) is 0 Å². The zero-order valence-corrected chi connectivity index (χ0v) is 15.5. The molecule has 4 aliphatic rings. The molecule has 0 aromatic carbocycles. The van der Waals surface area contributed by atoms with Crippen LogP contribution in [0.1, 0.15) is 85.0 Å². The maximum absolute atomic E-state index is 10.5. The van der Waals surface area contributed by atoms with E-state index >= 15 is 0 Å². The second-order valence-corrected chi connectivity index (χ2v) is 9.81. The Kier molecular flexibility index (Phi) is 3.95. The van der Waals surface area contributed by atoms with E-state index in [1.54, 1.807) is 5.57 Å². The number of aliphatic hydroxyl groups is 1. The van der Waals surface area contributed by atoms with Crippen LogP contribution in [0.25, 0.3) is 0 Å². The summed E-state index contributed by atoms with van der Waals surface area (Å²) in [4.78, 5) is 0. The monoisotopic (exact) mass is 316 g/mol. The Balaban J connectivity index is 1.56. The second kappa shape index (κ2) is 5.61. The highest BCUT2D eigenvalue weighted by Gasteiger charge is 2.55. The van der Waals surface area contributed by atoms with Gasteiger partial charge in [0.1, 0.15) is 0 Å². The number of hydrogen-bond donors (Lipinski definition) is 1. The van der Waals surface area contributed by atoms with E-state index in [4.69, 9.17) is 0 Å². The summed E-state index contributed by atoms with van der Waals surface area (Å²) in [6, 6.07) is 0. The van der Waals surface area contributed by atoms with E-state index in [1.165, 1.54) is 51.4 Å². The molecule has 23 heavy (non-hydrogen) atoms. The quantitative estimate of drug-likeness (QED) is 0.613. The van der Waals surface area contributed by atoms with Gasteiger partial charge in [-0.1, -0.05) is 25.5 Å². The lowest BCUT2D eigenvalue weighted by Crippen LogP contribution is -2.49. The van der Waals surface area contributed by atoms with Crippen molar-refractivity contribution in [1.29, 1.82) is 0 Å². The summed E-state index contributed by atoms with van der Waals surface area (Å²) in [5.41, 5.74) is 1.96. The van der Waals surface area contributed by atoms with Crippen LogP contribution in [-0.4, -0.2) is 10.7 Å². The number of rotatable bonds is 1. The third-order valence-corrected chi connectivity index (χ3v) is 8.54. The summed E-state index contributed by atoms with van der Waals surface area (Å²) in [5.74, 6) is 4.67. The molecule has 1 N–H and O–H groups in total. The van der Waals surface area contributed by atoms with Crippen LogP contribution in [0.3, 0.4) is 0 Å². The van der Waals surface area contributed by atoms with Crippen LogP contribution in [0.2, 0.25) is 0 Å². The van der Waals surface area contributed by atoms with Gasteiger partial charge in [-0.15, -0.1) is 0 Å². The number of allylic oxidation sites excluding steroid dienone is 2. The Labute approximate surface area is 142 Å². The van der Waals surface area contributed by atoms with Crippen LogP contribution >= 0.6 is 0 Å². The van der Waals surface area contributed by atoms with Crippen LogP contribution in [0.4, 0.5) is 0 Å². The zero-order chi connectivity index (χ0) is 16.2. The first-order valence-corrected chi connectivity index (χ1v) is 10.4. The highest BCUT2D eigenvalue weighted by atomic mass is 16.3. The lowest BCUT2D eigenvalue weighted by Gasteiger charge is -2.56. The van der Waals surface area contributed by atoms with Crippen LogP contribution in [-0.2, 0) is 0 Å². The van der Waals surface area contributed by atoms with Crippen molar-refractivity contribution in [3.8, 4) is 0 Å². The minimum atomic E-state index is -0.373. The molecule has 1 heteroatoms. The Morgan fingerprint density at radius 2 is 1.78 bits per heavy atom. The summed E-state index contributed by atoms with van der Waals surface area (Å²) in [7, 11) is 0. The smallest absolute Gasteiger partial charge is 0.0622 e. The largest absolute Gasteiger partial charge is 0.390 e. The molecule has 1 unspecified atom stereocenters. The van der Waals surface area contributed by atoms with Crippen LogP contribution in [0, 0.1) is 35.0 Å². The number of hydrogen-bond acceptors (Lipinski definition) is 1. The van der Waals surface area contributed by atoms with E-state index in [9.17, 15) is 5.11 Å². The van der Waals surface area contributed by atoms with Gasteiger partial charge in [0.25, 0.3) is 0 Å². The summed E-state index contributed by atoms with van der Waals surface area (Å²) in [6.07, 6.45) is 15.7. The third kappa shape index (κ3) is 2.53. The van der Waals surface area contributed by atoms with Gasteiger partial charge in [0.15, 0.2) is 0 Å². The lowest BCUT2D eigenvalue weighted by atomic mass is 9.49. The van der Waals surface area contributed by atoms with Crippen LogP contribution in [0.15, 0.2) is 11.6 Å². The fourth-order valence-electron chi connectivity index (χ4n) is 7.51. The standard InChI is InChI=1S/C22H36O/c1-4-5-16-7-9-20-19-8-6-15-14-21(2,23)12-10-17(15)18(19)11-13-22(16,20)3/h5,15,17-20,23H,4,6-14H2,1-3H3/t15-,17+,18-,19-,20+,21?,22-/m1/s1. The molecular weight excluding hydrogens is 280 g/mol. The molecule has 0 spiro atoms. The summed E-state index contributed by atoms with van der Waals surface area (Å²) < 4.78 is 0. The van der Waals surface area contributed by atoms with Gasteiger partial charge in [0.05, 0.1) is 5.60 Å². The Bertz CT molecular complexity index is 490. The van der Waals surface area contributed by atoms with Crippen molar-refractivity contribution in [2.75, 3.05) is 0 Å². The second-order valence-electron chi connectivity index (χ2n) is 9.81. The molecule has 4 aliphatic carbocycles. The summed E-state index contributed by atoms with van der Waals surface area (Å²) >= 11 is 0. The maximum Gasteiger partial charge on any atom is 0.0622 e. The van der Waals surface area contributed by atoms with Crippen molar-refractivity contribution in [2.24, 2.45) is 35.0 Å². The van der Waals surface area contributed by atoms with E-state index < -0.39 is 0 Å². The minimum absolute atomic E-state index is 0.373. The fourth-order valence-corrected chi connectivity index (χ4v) is 7.51. The normalized spacial score (nSPS) is 54.4. The molecule has 0 amide bonds. The molecule has 7 atom stereocenters. The molecule has 130 valence electrons. The average molecular weight is 317 g/mol. The van der Waals surface area contributed by atoms with Gasteiger partial charge in [-0.25, -0.2) is 0 Å². The molecule has 4 rings (SSSR count). The number of fused-ring (bicyclic) bond motifs is 5. The first-order valence-electron chi connectivity index (χ1n) is 10.4. The highest BCUT2D eigenvalue weighted by molar-refractivity contribution is 5.23. The Hall–Kier alpha value is -0.300. The maximum atomic E-state index is 10.5. The molecule has 0 heterocycles. The van der Waals surface area contributed by atoms with Gasteiger partial charge in [0, 0.05) is 0 Å². The first-order chi connectivity index (χ1) is 10.9. The molecule has 0 bridgehead atoms. The summed E-state index contributed by atoms with van der Waals surface area (Å²) in [5, 5.41) is 10.5. The minimum Gasteiger partial charge on any atom is -0.390 e. The molecule has 4 saturated carbocycles. The fraction of sp³-hybridized carbons (Fsp3) is 0.909. The molecular formula is C22H36O. The van der Waals surface area contributed by atoms with E-state index in [1.807, 2.05) is 0 Å². The Morgan fingerprint density at radius 3 is 2.57 bits per heavy atom. The van der Waals surface area contributed by atoms with Crippen molar-refractivity contribution in [2.45, 2.75) is 90.6 Å². The molecule has 0 aromatic rings. The van der Waals surface area contributed by atoms with Gasteiger partial charge in [0.2, 0.25) is 0 Å². The predicted molar refractivity (Wildman–Crippen MR) is 96.1 cm³/mol. The average Bonchev–Trinajstić information content (AvgIpc) is 2.83. The van der Waals surface area contributed by atoms with Crippen molar-refractivity contribution < 1.29 is 5.11 Å². The van der Waals surface area contributed by atoms with Gasteiger partial charge in [-0.2, -0.15) is 0 Å². The van der Waals surface area contributed by atoms with Crippen LogP contribution < -0.4 is 0 Å². The van der Waals surface area contributed by atoms with Gasteiger partial charge in [-0.3, -0.25) is 0 Å². The molecule has 1 nitrogen and oxygen atoms in total. The topological polar surface area (TPSA) is 20.2 Å². The first kappa shape index (κ1) is 16.2. The Morgan fingerprint density at radius 1 is 1.00 bits per heavy atom. The van der Waals surface area contributed by atoms with Gasteiger partial charge in [-0.05, 0) is 106 Å². The van der Waals surface area contributed by atoms with Crippen molar-refractivity contribution in [1.82, 2.24) is 0 Å². The van der Waals surface area contributed by atoms with E-state index in [0.29, 0.717) is 5.41 Å². The zero-order valence-electron chi connectivity index (χ0n) is 15.5.